The Labute approximate surface area is 153 Å². The second-order valence-corrected chi connectivity index (χ2v) is 9.48. The molecule has 134 valence electrons. The number of hydrogen-bond acceptors (Lipinski definition) is 5. The van der Waals surface area contributed by atoms with E-state index in [4.69, 9.17) is 18.4 Å². The van der Waals surface area contributed by atoms with E-state index >= 15 is 0 Å². The Morgan fingerprint density at radius 1 is 1.08 bits per heavy atom. The Morgan fingerprint density at radius 3 is 2.04 bits per heavy atom. The lowest BCUT2D eigenvalue weighted by molar-refractivity contribution is 0.00578. The van der Waals surface area contributed by atoms with E-state index in [-0.39, 0.29) is 0 Å². The van der Waals surface area contributed by atoms with Gasteiger partial charge in [0.25, 0.3) is 0 Å². The summed E-state index contributed by atoms with van der Waals surface area (Å²) in [5.74, 6) is 0. The van der Waals surface area contributed by atoms with Crippen molar-refractivity contribution in [3.63, 3.8) is 0 Å². The van der Waals surface area contributed by atoms with Crippen LogP contribution in [0.4, 0.5) is 0 Å². The molecule has 1 fully saturated rings. The summed E-state index contributed by atoms with van der Waals surface area (Å²) in [5, 5.41) is 0.485. The molecule has 2 rings (SSSR count). The second-order valence-electron chi connectivity index (χ2n) is 6.63. The third-order valence-electron chi connectivity index (χ3n) is 4.39. The third-order valence-corrected chi connectivity index (χ3v) is 7.54. The van der Waals surface area contributed by atoms with Crippen LogP contribution in [0.2, 0.25) is 0 Å². The molecule has 0 N–H and O–H groups in total. The summed E-state index contributed by atoms with van der Waals surface area (Å²) in [4.78, 5) is 0. The number of benzene rings is 1. The van der Waals surface area contributed by atoms with Crippen LogP contribution in [0, 0.1) is 0 Å². The fourth-order valence-corrected chi connectivity index (χ4v) is 4.96. The molecule has 1 aromatic rings. The minimum atomic E-state index is -3.40. The minimum Gasteiger partial charge on any atom is -0.399 e. The molecule has 0 atom stereocenters. The molecule has 1 aromatic carbocycles. The van der Waals surface area contributed by atoms with Crippen molar-refractivity contribution in [2.24, 2.45) is 0 Å². The largest absolute Gasteiger partial charge is 0.494 e. The van der Waals surface area contributed by atoms with E-state index < -0.39 is 25.9 Å². The Kier molecular flexibility index (Phi) is 6.06. The van der Waals surface area contributed by atoms with Crippen molar-refractivity contribution in [1.82, 2.24) is 0 Å². The van der Waals surface area contributed by atoms with Crippen molar-refractivity contribution in [2.75, 3.05) is 13.2 Å². The van der Waals surface area contributed by atoms with Gasteiger partial charge in [-0.15, -0.1) is 0 Å². The third kappa shape index (κ3) is 3.82. The normalized spacial score (nSPS) is 19.7. The fraction of sp³-hybridized carbons (Fsp3) is 0.625. The molecule has 0 saturated carbocycles. The molecule has 0 aliphatic carbocycles. The maximum atomic E-state index is 13.1. The molecule has 0 amide bonds. The standard InChI is InChI=1S/C16H25BBrO5P/c1-7-20-24(19,21-8-2)14-11-12(9-10-13(14)18)17-22-15(3,4)16(5,6)23-17/h9-11H,7-8H2,1-6H3. The zero-order chi connectivity index (χ0) is 18.2. The highest BCUT2D eigenvalue weighted by Gasteiger charge is 2.52. The molecule has 0 spiro atoms. The lowest BCUT2D eigenvalue weighted by Gasteiger charge is -2.32. The summed E-state index contributed by atoms with van der Waals surface area (Å²) in [7, 11) is -3.93. The smallest absolute Gasteiger partial charge is 0.399 e. The lowest BCUT2D eigenvalue weighted by atomic mass is 9.79. The first-order valence-corrected chi connectivity index (χ1v) is 10.4. The first kappa shape index (κ1) is 20.2. The molecule has 24 heavy (non-hydrogen) atoms. The highest BCUT2D eigenvalue weighted by Crippen LogP contribution is 2.48. The van der Waals surface area contributed by atoms with E-state index in [1.807, 2.05) is 39.8 Å². The summed E-state index contributed by atoms with van der Waals surface area (Å²) < 4.78 is 36.8. The second kappa shape index (κ2) is 7.22. The molecular weight excluding hydrogens is 394 g/mol. The lowest BCUT2D eigenvalue weighted by Crippen LogP contribution is -2.41. The quantitative estimate of drug-likeness (QED) is 0.521. The molecule has 1 aliphatic heterocycles. The average Bonchev–Trinajstić information content (AvgIpc) is 2.68. The molecule has 8 heteroatoms. The number of hydrogen-bond donors (Lipinski definition) is 0. The van der Waals surface area contributed by atoms with Gasteiger partial charge in [0, 0.05) is 4.47 Å². The van der Waals surface area contributed by atoms with Crippen LogP contribution in [0.3, 0.4) is 0 Å². The van der Waals surface area contributed by atoms with Gasteiger partial charge < -0.3 is 18.4 Å². The predicted octanol–water partition coefficient (Wildman–Crippen LogP) is 3.64. The summed E-state index contributed by atoms with van der Waals surface area (Å²) in [6.07, 6.45) is 0. The maximum absolute atomic E-state index is 13.1. The summed E-state index contributed by atoms with van der Waals surface area (Å²) >= 11 is 3.45. The number of rotatable bonds is 6. The van der Waals surface area contributed by atoms with Crippen molar-refractivity contribution in [1.29, 1.82) is 0 Å². The van der Waals surface area contributed by atoms with Gasteiger partial charge in [-0.25, -0.2) is 0 Å². The molecule has 5 nitrogen and oxygen atoms in total. The van der Waals surface area contributed by atoms with Crippen molar-refractivity contribution in [3.05, 3.63) is 22.7 Å². The van der Waals surface area contributed by atoms with Crippen LogP contribution in [-0.4, -0.2) is 31.5 Å². The summed E-state index contributed by atoms with van der Waals surface area (Å²) in [6, 6.07) is 5.48. The van der Waals surface area contributed by atoms with Crippen LogP contribution >= 0.6 is 23.5 Å². The van der Waals surface area contributed by atoms with Gasteiger partial charge in [0.2, 0.25) is 0 Å². The van der Waals surface area contributed by atoms with Gasteiger partial charge in [0.1, 0.15) is 0 Å². The first-order valence-electron chi connectivity index (χ1n) is 8.11. The van der Waals surface area contributed by atoms with Crippen molar-refractivity contribution in [2.45, 2.75) is 52.7 Å². The van der Waals surface area contributed by atoms with E-state index in [0.717, 1.165) is 5.46 Å². The Bertz CT molecular complexity index is 623. The predicted molar refractivity (Wildman–Crippen MR) is 100 cm³/mol. The SMILES string of the molecule is CCOP(=O)(OCC)c1cc(B2OC(C)(C)C(C)(C)O2)ccc1Br. The molecular formula is C16H25BBrO5P. The molecule has 1 heterocycles. The zero-order valence-corrected chi connectivity index (χ0v) is 17.6. The van der Waals surface area contributed by atoms with E-state index in [0.29, 0.717) is 23.0 Å². The summed E-state index contributed by atoms with van der Waals surface area (Å²) in [6.45, 7) is 12.2. The molecule has 1 aliphatic rings. The maximum Gasteiger partial charge on any atom is 0.494 e. The van der Waals surface area contributed by atoms with Crippen LogP contribution < -0.4 is 10.8 Å². The van der Waals surface area contributed by atoms with Gasteiger partial charge in [0.15, 0.2) is 0 Å². The highest BCUT2D eigenvalue weighted by molar-refractivity contribution is 9.10. The average molecular weight is 419 g/mol. The summed E-state index contributed by atoms with van der Waals surface area (Å²) in [5.41, 5.74) is -0.0884. The van der Waals surface area contributed by atoms with Gasteiger partial charge in [-0.05, 0) is 75.1 Å². The molecule has 0 radical (unpaired) electrons. The van der Waals surface area contributed by atoms with E-state index in [1.165, 1.54) is 0 Å². The Hall–Kier alpha value is -0.165. The zero-order valence-electron chi connectivity index (χ0n) is 15.1. The van der Waals surface area contributed by atoms with Gasteiger partial charge in [-0.1, -0.05) is 6.07 Å². The molecule has 0 bridgehead atoms. The van der Waals surface area contributed by atoms with Gasteiger partial charge in [0.05, 0.1) is 29.7 Å². The van der Waals surface area contributed by atoms with E-state index in [9.17, 15) is 4.57 Å². The fourth-order valence-electron chi connectivity index (χ4n) is 2.38. The highest BCUT2D eigenvalue weighted by atomic mass is 79.9. The van der Waals surface area contributed by atoms with Crippen molar-refractivity contribution < 1.29 is 22.9 Å². The van der Waals surface area contributed by atoms with Crippen LogP contribution in [0.1, 0.15) is 41.5 Å². The van der Waals surface area contributed by atoms with Gasteiger partial charge in [-0.3, -0.25) is 4.57 Å². The molecule has 1 saturated heterocycles. The van der Waals surface area contributed by atoms with Gasteiger partial charge >= 0.3 is 14.7 Å². The van der Waals surface area contributed by atoms with Gasteiger partial charge in [-0.2, -0.15) is 0 Å². The van der Waals surface area contributed by atoms with Crippen molar-refractivity contribution >= 4 is 41.4 Å². The Morgan fingerprint density at radius 2 is 1.58 bits per heavy atom. The van der Waals surface area contributed by atoms with Crippen LogP contribution in [0.25, 0.3) is 0 Å². The first-order chi connectivity index (χ1) is 11.1. The minimum absolute atomic E-state index is 0.296. The molecule has 0 aromatic heterocycles. The van der Waals surface area contributed by atoms with Crippen LogP contribution in [0.5, 0.6) is 0 Å². The van der Waals surface area contributed by atoms with Crippen LogP contribution in [0.15, 0.2) is 22.7 Å². The van der Waals surface area contributed by atoms with Crippen LogP contribution in [-0.2, 0) is 22.9 Å². The topological polar surface area (TPSA) is 54.0 Å². The molecule has 0 unspecified atom stereocenters. The number of halogens is 1. The van der Waals surface area contributed by atoms with Crippen molar-refractivity contribution in [3.8, 4) is 0 Å². The van der Waals surface area contributed by atoms with E-state index in [1.54, 1.807) is 19.9 Å². The Balaban J connectivity index is 2.41. The monoisotopic (exact) mass is 418 g/mol. The van der Waals surface area contributed by atoms with E-state index in [2.05, 4.69) is 15.9 Å².